The number of rotatable bonds is 4. The summed E-state index contributed by atoms with van der Waals surface area (Å²) in [6.45, 7) is 5.92. The maximum atomic E-state index is 6.24. The van der Waals surface area contributed by atoms with Gasteiger partial charge in [-0.1, -0.05) is 17.7 Å². The Labute approximate surface area is 153 Å². The highest BCUT2D eigenvalue weighted by atomic mass is 35.5. The second-order valence-electron chi connectivity index (χ2n) is 6.82. The Hall–Kier alpha value is -1.63. The van der Waals surface area contributed by atoms with E-state index in [2.05, 4.69) is 31.0 Å². The van der Waals surface area contributed by atoms with Crippen LogP contribution >= 0.6 is 11.6 Å². The van der Waals surface area contributed by atoms with Crippen LogP contribution in [0.5, 0.6) is 5.75 Å². The summed E-state index contributed by atoms with van der Waals surface area (Å²) in [5, 5.41) is 12.9. The largest absolute Gasteiger partial charge is 0.495 e. The van der Waals surface area contributed by atoms with Crippen molar-refractivity contribution in [2.75, 3.05) is 26.7 Å². The third-order valence-electron chi connectivity index (χ3n) is 5.23. The van der Waals surface area contributed by atoms with Gasteiger partial charge in [-0.2, -0.15) is 0 Å². The van der Waals surface area contributed by atoms with Gasteiger partial charge in [0.05, 0.1) is 18.7 Å². The number of hydrogen-bond donors (Lipinski definition) is 1. The molecule has 1 aromatic heterocycles. The lowest BCUT2D eigenvalue weighted by Crippen LogP contribution is -2.34. The third-order valence-corrected chi connectivity index (χ3v) is 5.52. The normalized spacial score (nSPS) is 19.0. The molecule has 0 spiro atoms. The maximum absolute atomic E-state index is 6.24. The maximum Gasteiger partial charge on any atom is 0.147 e. The Bertz CT molecular complexity index is 739. The van der Waals surface area contributed by atoms with Crippen molar-refractivity contribution >= 4 is 11.6 Å². The number of aromatic nitrogens is 3. The Balaban J connectivity index is 1.37. The summed E-state index contributed by atoms with van der Waals surface area (Å²) < 4.78 is 7.55. The molecule has 134 valence electrons. The highest BCUT2D eigenvalue weighted by molar-refractivity contribution is 6.32. The van der Waals surface area contributed by atoms with Crippen molar-refractivity contribution < 1.29 is 4.74 Å². The molecule has 7 heteroatoms. The van der Waals surface area contributed by atoms with E-state index >= 15 is 0 Å². The first-order chi connectivity index (χ1) is 12.2. The zero-order valence-corrected chi connectivity index (χ0v) is 15.3. The summed E-state index contributed by atoms with van der Waals surface area (Å²) in [5.74, 6) is 3.52. The van der Waals surface area contributed by atoms with Gasteiger partial charge in [0, 0.05) is 25.6 Å². The van der Waals surface area contributed by atoms with Crippen LogP contribution in [0.15, 0.2) is 18.2 Å². The van der Waals surface area contributed by atoms with Gasteiger partial charge < -0.3 is 14.6 Å². The van der Waals surface area contributed by atoms with Crippen molar-refractivity contribution in [3.05, 3.63) is 40.4 Å². The fraction of sp³-hybridized carbons (Fsp3) is 0.556. The lowest BCUT2D eigenvalue weighted by atomic mass is 9.95. The fourth-order valence-electron chi connectivity index (χ4n) is 3.83. The summed E-state index contributed by atoms with van der Waals surface area (Å²) in [6, 6.07) is 6.05. The van der Waals surface area contributed by atoms with Gasteiger partial charge in [0.2, 0.25) is 0 Å². The third kappa shape index (κ3) is 3.52. The number of nitrogens with one attached hydrogen (secondary N) is 1. The number of benzene rings is 1. The van der Waals surface area contributed by atoms with Gasteiger partial charge in [-0.25, -0.2) is 0 Å². The fourth-order valence-corrected chi connectivity index (χ4v) is 4.11. The molecule has 1 aromatic carbocycles. The van der Waals surface area contributed by atoms with E-state index < -0.39 is 0 Å². The number of hydrogen-bond acceptors (Lipinski definition) is 5. The molecule has 0 amide bonds. The van der Waals surface area contributed by atoms with Crippen molar-refractivity contribution in [3.8, 4) is 5.75 Å². The molecule has 0 saturated carbocycles. The van der Waals surface area contributed by atoms with E-state index in [4.69, 9.17) is 16.3 Å². The van der Waals surface area contributed by atoms with Crippen molar-refractivity contribution in [1.29, 1.82) is 0 Å². The van der Waals surface area contributed by atoms with Crippen molar-refractivity contribution in [1.82, 2.24) is 25.0 Å². The smallest absolute Gasteiger partial charge is 0.147 e. The molecule has 0 aliphatic carbocycles. The second-order valence-corrected chi connectivity index (χ2v) is 7.23. The molecule has 2 aromatic rings. The van der Waals surface area contributed by atoms with E-state index in [9.17, 15) is 0 Å². The predicted octanol–water partition coefficient (Wildman–Crippen LogP) is 2.42. The van der Waals surface area contributed by atoms with Crippen LogP contribution in [0.3, 0.4) is 0 Å². The number of ether oxygens (including phenoxy) is 1. The molecule has 1 fully saturated rings. The van der Waals surface area contributed by atoms with Crippen LogP contribution < -0.4 is 10.1 Å². The van der Waals surface area contributed by atoms with Crippen LogP contribution in [0.2, 0.25) is 5.02 Å². The van der Waals surface area contributed by atoms with E-state index in [0.29, 0.717) is 10.9 Å². The number of nitrogens with zero attached hydrogens (tertiary/aromatic N) is 4. The molecule has 4 rings (SSSR count). The van der Waals surface area contributed by atoms with Gasteiger partial charge in [-0.15, -0.1) is 10.2 Å². The minimum absolute atomic E-state index is 0.523. The predicted molar refractivity (Wildman–Crippen MR) is 97.0 cm³/mol. The first-order valence-corrected chi connectivity index (χ1v) is 9.30. The van der Waals surface area contributed by atoms with Crippen molar-refractivity contribution in [2.24, 2.45) is 0 Å². The Morgan fingerprint density at radius 2 is 2.08 bits per heavy atom. The molecule has 1 saturated heterocycles. The molecule has 25 heavy (non-hydrogen) atoms. The SMILES string of the molecule is COc1ccc(CN2CCC(c3nnc4n3CCNC4)CC2)cc1Cl. The number of piperidine rings is 1. The van der Waals surface area contributed by atoms with Gasteiger partial charge in [-0.3, -0.25) is 4.90 Å². The van der Waals surface area contributed by atoms with Crippen molar-refractivity contribution in [3.63, 3.8) is 0 Å². The molecule has 1 N–H and O–H groups in total. The lowest BCUT2D eigenvalue weighted by Gasteiger charge is -2.32. The number of fused-ring (bicyclic) bond motifs is 1. The zero-order valence-electron chi connectivity index (χ0n) is 14.5. The van der Waals surface area contributed by atoms with E-state index in [0.717, 1.165) is 63.7 Å². The zero-order chi connectivity index (χ0) is 17.2. The van der Waals surface area contributed by atoms with Gasteiger partial charge in [-0.05, 0) is 43.6 Å². The number of methoxy groups -OCH3 is 1. The van der Waals surface area contributed by atoms with Crippen LogP contribution in [0.25, 0.3) is 0 Å². The van der Waals surface area contributed by atoms with E-state index in [1.54, 1.807) is 7.11 Å². The molecule has 6 nitrogen and oxygen atoms in total. The summed E-state index contributed by atoms with van der Waals surface area (Å²) >= 11 is 6.24. The first kappa shape index (κ1) is 16.8. The van der Waals surface area contributed by atoms with Gasteiger partial charge in [0.15, 0.2) is 0 Å². The Kier molecular flexibility index (Phi) is 4.92. The Morgan fingerprint density at radius 1 is 1.24 bits per heavy atom. The molecule has 2 aliphatic rings. The minimum Gasteiger partial charge on any atom is -0.495 e. The molecule has 0 unspecified atom stereocenters. The number of likely N-dealkylation sites (tertiary alicyclic amines) is 1. The Morgan fingerprint density at radius 3 is 2.84 bits per heavy atom. The number of halogens is 1. The molecular formula is C18H24ClN5O. The molecule has 0 radical (unpaired) electrons. The van der Waals surface area contributed by atoms with Gasteiger partial charge in [0.25, 0.3) is 0 Å². The summed E-state index contributed by atoms with van der Waals surface area (Å²) in [4.78, 5) is 2.49. The second kappa shape index (κ2) is 7.32. The van der Waals surface area contributed by atoms with Crippen LogP contribution in [-0.4, -0.2) is 46.4 Å². The van der Waals surface area contributed by atoms with Crippen LogP contribution in [0.1, 0.15) is 36.0 Å². The van der Waals surface area contributed by atoms with E-state index in [1.807, 2.05) is 12.1 Å². The minimum atomic E-state index is 0.523. The summed E-state index contributed by atoms with van der Waals surface area (Å²) in [6.07, 6.45) is 2.27. The average molecular weight is 362 g/mol. The highest BCUT2D eigenvalue weighted by Crippen LogP contribution is 2.30. The molecule has 0 bridgehead atoms. The van der Waals surface area contributed by atoms with E-state index in [1.165, 1.54) is 11.4 Å². The average Bonchev–Trinajstić information content (AvgIpc) is 3.07. The van der Waals surface area contributed by atoms with Crippen molar-refractivity contribution in [2.45, 2.75) is 38.4 Å². The lowest BCUT2D eigenvalue weighted by molar-refractivity contribution is 0.199. The van der Waals surface area contributed by atoms with Gasteiger partial charge >= 0.3 is 0 Å². The van der Waals surface area contributed by atoms with Crippen LogP contribution in [-0.2, 0) is 19.6 Å². The van der Waals surface area contributed by atoms with Crippen LogP contribution in [0, 0.1) is 0 Å². The standard InChI is InChI=1S/C18H24ClN5O/c1-25-16-3-2-13(10-15(16)19)12-23-7-4-14(5-8-23)18-22-21-17-11-20-6-9-24(17)18/h2-3,10,14,20H,4-9,11-12H2,1H3. The molecule has 2 aliphatic heterocycles. The molecule has 3 heterocycles. The topological polar surface area (TPSA) is 55.2 Å². The quantitative estimate of drug-likeness (QED) is 0.906. The monoisotopic (exact) mass is 361 g/mol. The van der Waals surface area contributed by atoms with E-state index in [-0.39, 0.29) is 0 Å². The van der Waals surface area contributed by atoms with Crippen LogP contribution in [0.4, 0.5) is 0 Å². The molecule has 0 atom stereocenters. The molecular weight excluding hydrogens is 338 g/mol. The van der Waals surface area contributed by atoms with Gasteiger partial charge in [0.1, 0.15) is 17.4 Å². The first-order valence-electron chi connectivity index (χ1n) is 8.92. The summed E-state index contributed by atoms with van der Waals surface area (Å²) in [5.41, 5.74) is 1.23. The highest BCUT2D eigenvalue weighted by Gasteiger charge is 2.27. The summed E-state index contributed by atoms with van der Waals surface area (Å²) in [7, 11) is 1.64.